The molecular formula is C9H8N2O3. The van der Waals surface area contributed by atoms with Gasteiger partial charge in [-0.05, 0) is 17.7 Å². The molecule has 2 rings (SSSR count). The predicted octanol–water partition coefficient (Wildman–Crippen LogP) is 0.753. The molecule has 0 bridgehead atoms. The molecule has 0 unspecified atom stereocenters. The van der Waals surface area contributed by atoms with Crippen molar-refractivity contribution in [1.29, 1.82) is 0 Å². The Balaban J connectivity index is 2.69. The molecule has 3 N–H and O–H groups in total. The summed E-state index contributed by atoms with van der Waals surface area (Å²) in [6, 6.07) is 5.02. The second kappa shape index (κ2) is 3.12. The maximum Gasteiger partial charge on any atom is 0.357 e. The maximum atomic E-state index is 10.7. The van der Waals surface area contributed by atoms with Gasteiger partial charge in [0, 0.05) is 5.39 Å². The first-order valence-electron chi connectivity index (χ1n) is 4.03. The third-order valence-electron chi connectivity index (χ3n) is 2.01. The third-order valence-corrected chi connectivity index (χ3v) is 2.01. The minimum atomic E-state index is -1.08. The van der Waals surface area contributed by atoms with Gasteiger partial charge in [0.15, 0.2) is 5.69 Å². The van der Waals surface area contributed by atoms with E-state index in [0.717, 1.165) is 0 Å². The Labute approximate surface area is 79.0 Å². The normalized spacial score (nSPS) is 10.6. The summed E-state index contributed by atoms with van der Waals surface area (Å²) in [5.74, 6) is -1.08. The Morgan fingerprint density at radius 1 is 1.50 bits per heavy atom. The number of aliphatic hydroxyl groups is 1. The van der Waals surface area contributed by atoms with E-state index in [0.29, 0.717) is 16.5 Å². The number of H-pyrrole nitrogens is 1. The van der Waals surface area contributed by atoms with Crippen LogP contribution in [0.5, 0.6) is 0 Å². The summed E-state index contributed by atoms with van der Waals surface area (Å²) in [5.41, 5.74) is 1.30. The molecule has 1 aromatic carbocycles. The minimum absolute atomic E-state index is 0.0182. The average Bonchev–Trinajstić information content (AvgIpc) is 2.59. The predicted molar refractivity (Wildman–Crippen MR) is 49.0 cm³/mol. The topological polar surface area (TPSA) is 86.2 Å². The van der Waals surface area contributed by atoms with Gasteiger partial charge < -0.3 is 10.2 Å². The molecule has 14 heavy (non-hydrogen) atoms. The zero-order chi connectivity index (χ0) is 10.1. The van der Waals surface area contributed by atoms with Crippen molar-refractivity contribution in [2.45, 2.75) is 6.61 Å². The molecule has 0 aliphatic carbocycles. The molecule has 0 radical (unpaired) electrons. The van der Waals surface area contributed by atoms with Crippen molar-refractivity contribution < 1.29 is 15.0 Å². The van der Waals surface area contributed by atoms with Crippen molar-refractivity contribution in [2.24, 2.45) is 0 Å². The van der Waals surface area contributed by atoms with Gasteiger partial charge in [0.05, 0.1) is 12.1 Å². The molecule has 0 aliphatic heterocycles. The first kappa shape index (κ1) is 8.71. The summed E-state index contributed by atoms with van der Waals surface area (Å²) in [4.78, 5) is 10.7. The molecule has 0 aliphatic rings. The van der Waals surface area contributed by atoms with E-state index in [1.54, 1.807) is 18.2 Å². The molecule has 0 saturated heterocycles. The molecule has 2 aromatic rings. The lowest BCUT2D eigenvalue weighted by molar-refractivity contribution is 0.0692. The van der Waals surface area contributed by atoms with Crippen LogP contribution in [0.3, 0.4) is 0 Å². The lowest BCUT2D eigenvalue weighted by Crippen LogP contribution is -1.97. The zero-order valence-electron chi connectivity index (χ0n) is 7.19. The summed E-state index contributed by atoms with van der Waals surface area (Å²) in [6.45, 7) is -0.111. The van der Waals surface area contributed by atoms with Crippen LogP contribution in [0.4, 0.5) is 0 Å². The highest BCUT2D eigenvalue weighted by Crippen LogP contribution is 2.17. The standard InChI is InChI=1S/C9H8N2O3/c12-4-5-1-2-7-6(3-5)8(9(13)14)11-10-7/h1-3,12H,4H2,(H,10,11)(H,13,14). The van der Waals surface area contributed by atoms with E-state index in [1.165, 1.54) is 0 Å². The van der Waals surface area contributed by atoms with E-state index in [1.807, 2.05) is 0 Å². The van der Waals surface area contributed by atoms with Crippen LogP contribution in [0.2, 0.25) is 0 Å². The zero-order valence-corrected chi connectivity index (χ0v) is 7.19. The Morgan fingerprint density at radius 2 is 2.29 bits per heavy atom. The smallest absolute Gasteiger partial charge is 0.357 e. The molecule has 72 valence electrons. The second-order valence-corrected chi connectivity index (χ2v) is 2.92. The molecule has 0 atom stereocenters. The lowest BCUT2D eigenvalue weighted by Gasteiger charge is -1.95. The van der Waals surface area contributed by atoms with Gasteiger partial charge in [0.1, 0.15) is 0 Å². The number of fused-ring (bicyclic) bond motifs is 1. The molecule has 0 spiro atoms. The number of aromatic amines is 1. The van der Waals surface area contributed by atoms with Gasteiger partial charge >= 0.3 is 5.97 Å². The van der Waals surface area contributed by atoms with Crippen molar-refractivity contribution in [1.82, 2.24) is 10.2 Å². The highest BCUT2D eigenvalue weighted by molar-refractivity contribution is 6.01. The maximum absolute atomic E-state index is 10.7. The number of nitrogens with zero attached hydrogens (tertiary/aromatic N) is 1. The third kappa shape index (κ3) is 1.23. The molecule has 1 aromatic heterocycles. The fourth-order valence-corrected chi connectivity index (χ4v) is 1.32. The summed E-state index contributed by atoms with van der Waals surface area (Å²) in [5, 5.41) is 24.5. The SMILES string of the molecule is O=C(O)c1n[nH]c2ccc(CO)cc12. The number of carboxylic acid groups (broad SMARTS) is 1. The van der Waals surface area contributed by atoms with Gasteiger partial charge in [-0.25, -0.2) is 4.79 Å². The number of aromatic carboxylic acids is 1. The van der Waals surface area contributed by atoms with Gasteiger partial charge in [-0.2, -0.15) is 5.10 Å². The molecule has 0 saturated carbocycles. The van der Waals surface area contributed by atoms with Crippen molar-refractivity contribution >= 4 is 16.9 Å². The number of carboxylic acids is 1. The highest BCUT2D eigenvalue weighted by Gasteiger charge is 2.12. The van der Waals surface area contributed by atoms with E-state index in [-0.39, 0.29) is 12.3 Å². The van der Waals surface area contributed by atoms with Crippen LogP contribution >= 0.6 is 0 Å². The van der Waals surface area contributed by atoms with Gasteiger partial charge in [-0.15, -0.1) is 0 Å². The molecule has 5 nitrogen and oxygen atoms in total. The highest BCUT2D eigenvalue weighted by atomic mass is 16.4. The van der Waals surface area contributed by atoms with E-state index in [2.05, 4.69) is 10.2 Å². The van der Waals surface area contributed by atoms with E-state index < -0.39 is 5.97 Å². The lowest BCUT2D eigenvalue weighted by atomic mass is 10.1. The van der Waals surface area contributed by atoms with Crippen molar-refractivity contribution in [3.8, 4) is 0 Å². The Hall–Kier alpha value is -1.88. The summed E-state index contributed by atoms with van der Waals surface area (Å²) >= 11 is 0. The molecule has 1 heterocycles. The van der Waals surface area contributed by atoms with Crippen molar-refractivity contribution in [3.05, 3.63) is 29.5 Å². The Kier molecular flexibility index (Phi) is 1.94. The summed E-state index contributed by atoms with van der Waals surface area (Å²) in [7, 11) is 0. The van der Waals surface area contributed by atoms with E-state index >= 15 is 0 Å². The van der Waals surface area contributed by atoms with Crippen LogP contribution in [0, 0.1) is 0 Å². The van der Waals surface area contributed by atoms with E-state index in [9.17, 15) is 4.79 Å². The number of carbonyl (C=O) groups is 1. The number of benzene rings is 1. The number of hydrogen-bond donors (Lipinski definition) is 3. The van der Waals surface area contributed by atoms with Crippen LogP contribution in [0.1, 0.15) is 16.1 Å². The molecule has 0 amide bonds. The summed E-state index contributed by atoms with van der Waals surface area (Å²) in [6.07, 6.45) is 0. The van der Waals surface area contributed by atoms with Crippen LogP contribution in [-0.2, 0) is 6.61 Å². The van der Waals surface area contributed by atoms with Crippen LogP contribution in [0.25, 0.3) is 10.9 Å². The average molecular weight is 192 g/mol. The largest absolute Gasteiger partial charge is 0.476 e. The van der Waals surface area contributed by atoms with Crippen molar-refractivity contribution in [3.63, 3.8) is 0 Å². The fourth-order valence-electron chi connectivity index (χ4n) is 1.32. The Morgan fingerprint density at radius 3 is 2.93 bits per heavy atom. The number of aliphatic hydroxyl groups excluding tert-OH is 1. The number of aromatic nitrogens is 2. The Bertz CT molecular complexity index is 490. The van der Waals surface area contributed by atoms with Crippen LogP contribution in [0.15, 0.2) is 18.2 Å². The van der Waals surface area contributed by atoms with E-state index in [4.69, 9.17) is 10.2 Å². The van der Waals surface area contributed by atoms with Gasteiger partial charge in [-0.3, -0.25) is 5.10 Å². The quantitative estimate of drug-likeness (QED) is 0.655. The first-order chi connectivity index (χ1) is 6.72. The minimum Gasteiger partial charge on any atom is -0.476 e. The van der Waals surface area contributed by atoms with Gasteiger partial charge in [-0.1, -0.05) is 6.07 Å². The monoisotopic (exact) mass is 192 g/mol. The number of nitrogens with one attached hydrogen (secondary N) is 1. The van der Waals surface area contributed by atoms with Crippen LogP contribution in [-0.4, -0.2) is 26.4 Å². The molecular weight excluding hydrogens is 184 g/mol. The fraction of sp³-hybridized carbons (Fsp3) is 0.111. The molecule has 5 heteroatoms. The first-order valence-corrected chi connectivity index (χ1v) is 4.03. The number of hydrogen-bond acceptors (Lipinski definition) is 3. The van der Waals surface area contributed by atoms with Gasteiger partial charge in [0.2, 0.25) is 0 Å². The number of rotatable bonds is 2. The molecule has 0 fully saturated rings. The van der Waals surface area contributed by atoms with Crippen LogP contribution < -0.4 is 0 Å². The van der Waals surface area contributed by atoms with Gasteiger partial charge in [0.25, 0.3) is 0 Å². The van der Waals surface area contributed by atoms with Crippen molar-refractivity contribution in [2.75, 3.05) is 0 Å². The summed E-state index contributed by atoms with van der Waals surface area (Å²) < 4.78 is 0. The second-order valence-electron chi connectivity index (χ2n) is 2.92.